The SMILES string of the molecule is COc1ccc(-n2cc(/C=N/Nc3ccccc3)nn2)cc1. The summed E-state index contributed by atoms with van der Waals surface area (Å²) in [5.41, 5.74) is 5.42. The summed E-state index contributed by atoms with van der Waals surface area (Å²) in [4.78, 5) is 0. The summed E-state index contributed by atoms with van der Waals surface area (Å²) in [5.74, 6) is 0.803. The molecule has 0 fully saturated rings. The molecule has 0 aliphatic rings. The van der Waals surface area contributed by atoms with Gasteiger partial charge in [0.15, 0.2) is 0 Å². The minimum absolute atomic E-state index is 0.666. The number of hydrogen-bond acceptors (Lipinski definition) is 5. The Bertz CT molecular complexity index is 750. The number of methoxy groups -OCH3 is 1. The van der Waals surface area contributed by atoms with Crippen molar-refractivity contribution in [2.75, 3.05) is 12.5 Å². The maximum absolute atomic E-state index is 5.13. The number of anilines is 1. The molecule has 22 heavy (non-hydrogen) atoms. The first-order valence-electron chi connectivity index (χ1n) is 6.76. The Morgan fingerprint density at radius 1 is 1.09 bits per heavy atom. The Morgan fingerprint density at radius 3 is 2.59 bits per heavy atom. The molecule has 1 heterocycles. The van der Waals surface area contributed by atoms with Gasteiger partial charge in [-0.05, 0) is 36.4 Å². The molecular formula is C16H15N5O. The van der Waals surface area contributed by atoms with E-state index in [9.17, 15) is 0 Å². The molecule has 2 aromatic carbocycles. The van der Waals surface area contributed by atoms with Crippen LogP contribution in [0.2, 0.25) is 0 Å². The van der Waals surface area contributed by atoms with Crippen LogP contribution in [0.4, 0.5) is 5.69 Å². The van der Waals surface area contributed by atoms with Gasteiger partial charge in [-0.25, -0.2) is 4.68 Å². The van der Waals surface area contributed by atoms with E-state index >= 15 is 0 Å². The minimum Gasteiger partial charge on any atom is -0.497 e. The fourth-order valence-corrected chi connectivity index (χ4v) is 1.88. The molecule has 3 aromatic rings. The van der Waals surface area contributed by atoms with Gasteiger partial charge in [0.05, 0.1) is 30.9 Å². The van der Waals surface area contributed by atoms with Crippen molar-refractivity contribution in [3.05, 3.63) is 66.5 Å². The molecule has 0 saturated carbocycles. The van der Waals surface area contributed by atoms with Gasteiger partial charge in [-0.15, -0.1) is 5.10 Å². The highest BCUT2D eigenvalue weighted by atomic mass is 16.5. The van der Waals surface area contributed by atoms with E-state index in [2.05, 4.69) is 20.8 Å². The van der Waals surface area contributed by atoms with Crippen molar-refractivity contribution >= 4 is 11.9 Å². The lowest BCUT2D eigenvalue weighted by Crippen LogP contribution is -1.94. The van der Waals surface area contributed by atoms with Crippen LogP contribution in [0.1, 0.15) is 5.69 Å². The highest BCUT2D eigenvalue weighted by molar-refractivity contribution is 5.77. The number of hydrazone groups is 1. The van der Waals surface area contributed by atoms with Crippen LogP contribution in [0.5, 0.6) is 5.75 Å². The first kappa shape index (κ1) is 13.8. The van der Waals surface area contributed by atoms with Crippen LogP contribution in [0.25, 0.3) is 5.69 Å². The van der Waals surface area contributed by atoms with Gasteiger partial charge in [-0.2, -0.15) is 5.10 Å². The van der Waals surface area contributed by atoms with Gasteiger partial charge in [-0.3, -0.25) is 5.43 Å². The molecular weight excluding hydrogens is 278 g/mol. The van der Waals surface area contributed by atoms with E-state index in [1.807, 2.05) is 54.6 Å². The first-order valence-corrected chi connectivity index (χ1v) is 6.76. The van der Waals surface area contributed by atoms with Crippen LogP contribution < -0.4 is 10.2 Å². The summed E-state index contributed by atoms with van der Waals surface area (Å²) in [5, 5.41) is 12.3. The Labute approximate surface area is 128 Å². The topological polar surface area (TPSA) is 64.3 Å². The van der Waals surface area contributed by atoms with Crippen molar-refractivity contribution in [2.24, 2.45) is 5.10 Å². The van der Waals surface area contributed by atoms with Crippen molar-refractivity contribution in [2.45, 2.75) is 0 Å². The smallest absolute Gasteiger partial charge is 0.126 e. The Balaban J connectivity index is 1.68. The molecule has 110 valence electrons. The lowest BCUT2D eigenvalue weighted by Gasteiger charge is -2.01. The number of nitrogens with zero attached hydrogens (tertiary/aromatic N) is 4. The number of para-hydroxylation sites is 1. The van der Waals surface area contributed by atoms with Crippen LogP contribution in [-0.2, 0) is 0 Å². The quantitative estimate of drug-likeness (QED) is 0.580. The Kier molecular flexibility index (Phi) is 4.10. The third-order valence-corrected chi connectivity index (χ3v) is 3.01. The second-order valence-corrected chi connectivity index (χ2v) is 4.52. The average molecular weight is 293 g/mol. The number of aromatic nitrogens is 3. The lowest BCUT2D eigenvalue weighted by molar-refractivity contribution is 0.414. The standard InChI is InChI=1S/C16H15N5O/c1-22-16-9-7-15(8-10-16)21-12-14(19-20-21)11-17-18-13-5-3-2-4-6-13/h2-12,18H,1H3/b17-11+. The summed E-state index contributed by atoms with van der Waals surface area (Å²) in [6.45, 7) is 0. The van der Waals surface area contributed by atoms with Crippen LogP contribution in [-0.4, -0.2) is 28.3 Å². The predicted octanol–water partition coefficient (Wildman–Crippen LogP) is 2.72. The molecule has 0 amide bonds. The second kappa shape index (κ2) is 6.53. The second-order valence-electron chi connectivity index (χ2n) is 4.52. The molecule has 0 saturated heterocycles. The number of benzene rings is 2. The van der Waals surface area contributed by atoms with Gasteiger partial charge in [0.25, 0.3) is 0 Å². The molecule has 6 nitrogen and oxygen atoms in total. The third kappa shape index (κ3) is 3.29. The fraction of sp³-hybridized carbons (Fsp3) is 0.0625. The van der Waals surface area contributed by atoms with Crippen LogP contribution in [0, 0.1) is 0 Å². The lowest BCUT2D eigenvalue weighted by atomic mass is 10.3. The van der Waals surface area contributed by atoms with Gasteiger partial charge in [0.1, 0.15) is 11.4 Å². The molecule has 0 bridgehead atoms. The van der Waals surface area contributed by atoms with E-state index in [0.717, 1.165) is 17.1 Å². The molecule has 0 aliphatic heterocycles. The summed E-state index contributed by atoms with van der Waals surface area (Å²) in [6, 6.07) is 17.3. The summed E-state index contributed by atoms with van der Waals surface area (Å²) in [6.07, 6.45) is 3.43. The van der Waals surface area contributed by atoms with E-state index in [1.165, 1.54) is 0 Å². The molecule has 0 atom stereocenters. The number of rotatable bonds is 5. The van der Waals surface area contributed by atoms with Crippen molar-refractivity contribution in [3.8, 4) is 11.4 Å². The van der Waals surface area contributed by atoms with Gasteiger partial charge in [-0.1, -0.05) is 23.4 Å². The summed E-state index contributed by atoms with van der Waals surface area (Å²) < 4.78 is 6.81. The average Bonchev–Trinajstić information content (AvgIpc) is 3.05. The van der Waals surface area contributed by atoms with Gasteiger partial charge in [0.2, 0.25) is 0 Å². The molecule has 0 aliphatic carbocycles. The zero-order chi connectivity index (χ0) is 15.2. The van der Waals surface area contributed by atoms with Crippen LogP contribution in [0.15, 0.2) is 65.9 Å². The van der Waals surface area contributed by atoms with Crippen molar-refractivity contribution in [1.82, 2.24) is 15.0 Å². The van der Waals surface area contributed by atoms with Crippen molar-refractivity contribution in [1.29, 1.82) is 0 Å². The largest absolute Gasteiger partial charge is 0.497 e. The van der Waals surface area contributed by atoms with Crippen molar-refractivity contribution in [3.63, 3.8) is 0 Å². The molecule has 6 heteroatoms. The predicted molar refractivity (Wildman–Crippen MR) is 85.6 cm³/mol. The maximum atomic E-state index is 5.13. The molecule has 0 radical (unpaired) electrons. The van der Waals surface area contributed by atoms with E-state index in [-0.39, 0.29) is 0 Å². The van der Waals surface area contributed by atoms with Gasteiger partial charge >= 0.3 is 0 Å². The summed E-state index contributed by atoms with van der Waals surface area (Å²) >= 11 is 0. The van der Waals surface area contributed by atoms with Crippen molar-refractivity contribution < 1.29 is 4.74 Å². The minimum atomic E-state index is 0.666. The number of hydrogen-bond donors (Lipinski definition) is 1. The van der Waals surface area contributed by atoms with Crippen LogP contribution in [0.3, 0.4) is 0 Å². The fourth-order valence-electron chi connectivity index (χ4n) is 1.88. The molecule has 0 spiro atoms. The van der Waals surface area contributed by atoms with E-state index in [0.29, 0.717) is 5.69 Å². The molecule has 1 N–H and O–H groups in total. The molecule has 3 rings (SSSR count). The zero-order valence-electron chi connectivity index (χ0n) is 12.0. The first-order chi connectivity index (χ1) is 10.8. The summed E-state index contributed by atoms with van der Waals surface area (Å²) in [7, 11) is 1.64. The number of ether oxygens (including phenoxy) is 1. The molecule has 0 unspecified atom stereocenters. The van der Waals surface area contributed by atoms with Gasteiger partial charge in [0, 0.05) is 0 Å². The van der Waals surface area contributed by atoms with E-state index in [4.69, 9.17) is 4.74 Å². The zero-order valence-corrected chi connectivity index (χ0v) is 12.0. The maximum Gasteiger partial charge on any atom is 0.126 e. The molecule has 1 aromatic heterocycles. The Hall–Kier alpha value is -3.15. The normalized spacial score (nSPS) is 10.8. The van der Waals surface area contributed by atoms with E-state index < -0.39 is 0 Å². The monoisotopic (exact) mass is 293 g/mol. The third-order valence-electron chi connectivity index (χ3n) is 3.01. The van der Waals surface area contributed by atoms with E-state index in [1.54, 1.807) is 24.2 Å². The number of nitrogens with one attached hydrogen (secondary N) is 1. The van der Waals surface area contributed by atoms with Gasteiger partial charge < -0.3 is 4.74 Å². The highest BCUT2D eigenvalue weighted by Gasteiger charge is 2.01. The van der Waals surface area contributed by atoms with Crippen LogP contribution >= 0.6 is 0 Å². The Morgan fingerprint density at radius 2 is 1.86 bits per heavy atom. The highest BCUT2D eigenvalue weighted by Crippen LogP contribution is 2.14.